The summed E-state index contributed by atoms with van der Waals surface area (Å²) in [6, 6.07) is 15.7. The van der Waals surface area contributed by atoms with Crippen LogP contribution in [0.3, 0.4) is 0 Å². The number of non-ortho nitro benzene ring substituents is 1. The summed E-state index contributed by atoms with van der Waals surface area (Å²) in [6.07, 6.45) is 7.19. The average molecular weight is 530 g/mol. The topological polar surface area (TPSA) is 124 Å². The molecule has 0 atom stereocenters. The minimum atomic E-state index is -0.690. The number of ether oxygens (including phenoxy) is 1. The van der Waals surface area contributed by atoms with Crippen molar-refractivity contribution in [1.82, 2.24) is 5.32 Å². The lowest BCUT2D eigenvalue weighted by Crippen LogP contribution is -2.23. The molecule has 0 bridgehead atoms. The fourth-order valence-corrected chi connectivity index (χ4v) is 5.44. The highest BCUT2D eigenvalue weighted by molar-refractivity contribution is 7.16. The summed E-state index contributed by atoms with van der Waals surface area (Å²) in [7, 11) is 0. The number of esters is 1. The van der Waals surface area contributed by atoms with Crippen LogP contribution >= 0.6 is 11.3 Å². The molecule has 0 radical (unpaired) electrons. The zero-order chi connectivity index (χ0) is 26.5. The largest absolute Gasteiger partial charge is 0.467 e. The van der Waals surface area contributed by atoms with Crippen LogP contribution in [-0.2, 0) is 19.4 Å². The van der Waals surface area contributed by atoms with Gasteiger partial charge in [-0.05, 0) is 79.3 Å². The zero-order valence-electron chi connectivity index (χ0n) is 20.2. The lowest BCUT2D eigenvalue weighted by atomic mass is 9.95. The van der Waals surface area contributed by atoms with Gasteiger partial charge in [0.15, 0.2) is 0 Å². The number of nitrogens with zero attached hydrogens (tertiary/aromatic N) is 2. The summed E-state index contributed by atoms with van der Waals surface area (Å²) in [4.78, 5) is 41.8. The van der Waals surface area contributed by atoms with Gasteiger partial charge in [-0.25, -0.2) is 9.79 Å². The number of rotatable bonds is 8. The molecule has 0 saturated carbocycles. The average Bonchev–Trinajstić information content (AvgIpc) is 3.59. The maximum Gasteiger partial charge on any atom is 0.343 e. The number of hydrogen-bond donors (Lipinski definition) is 1. The van der Waals surface area contributed by atoms with Crippen molar-refractivity contribution in [1.29, 1.82) is 0 Å². The predicted molar refractivity (Wildman–Crippen MR) is 143 cm³/mol. The highest BCUT2D eigenvalue weighted by atomic mass is 32.1. The molecule has 2 aromatic carbocycles. The molecule has 38 heavy (non-hydrogen) atoms. The highest BCUT2D eigenvalue weighted by Gasteiger charge is 2.25. The second-order valence-corrected chi connectivity index (χ2v) is 9.76. The first-order valence-electron chi connectivity index (χ1n) is 12.0. The van der Waals surface area contributed by atoms with Crippen LogP contribution in [0.15, 0.2) is 76.3 Å². The van der Waals surface area contributed by atoms with E-state index in [1.807, 2.05) is 6.07 Å². The van der Waals surface area contributed by atoms with Gasteiger partial charge in [-0.3, -0.25) is 14.9 Å². The molecule has 0 spiro atoms. The van der Waals surface area contributed by atoms with Crippen LogP contribution in [0.2, 0.25) is 0 Å². The fraction of sp³-hybridized carbons (Fsp3) is 0.179. The fourth-order valence-electron chi connectivity index (χ4n) is 4.21. The van der Waals surface area contributed by atoms with E-state index in [0.29, 0.717) is 28.6 Å². The van der Waals surface area contributed by atoms with Crippen LogP contribution < -0.4 is 10.1 Å². The van der Waals surface area contributed by atoms with E-state index in [1.165, 1.54) is 29.1 Å². The molecular formula is C28H23N3O6S. The summed E-state index contributed by atoms with van der Waals surface area (Å²) in [5.74, 6) is 0.114. The molecule has 5 rings (SSSR count). The van der Waals surface area contributed by atoms with Gasteiger partial charge in [-0.1, -0.05) is 6.07 Å². The first kappa shape index (κ1) is 25.1. The van der Waals surface area contributed by atoms with E-state index in [9.17, 15) is 19.7 Å². The number of thiophene rings is 1. The number of nitro groups is 1. The monoisotopic (exact) mass is 529 g/mol. The van der Waals surface area contributed by atoms with Gasteiger partial charge in [0.05, 0.1) is 28.9 Å². The van der Waals surface area contributed by atoms with Gasteiger partial charge in [-0.2, -0.15) is 0 Å². The molecule has 1 aliphatic rings. The van der Waals surface area contributed by atoms with Gasteiger partial charge in [0.2, 0.25) is 0 Å². The summed E-state index contributed by atoms with van der Waals surface area (Å²) in [6.45, 7) is 0.302. The summed E-state index contributed by atoms with van der Waals surface area (Å²) in [5.41, 5.74) is 2.36. The third-order valence-corrected chi connectivity index (χ3v) is 7.30. The Hall–Kier alpha value is -4.57. The third kappa shape index (κ3) is 5.70. The molecule has 0 aliphatic heterocycles. The molecule has 10 heteroatoms. The van der Waals surface area contributed by atoms with Crippen LogP contribution in [0.4, 0.5) is 10.7 Å². The van der Waals surface area contributed by atoms with Crippen molar-refractivity contribution in [3.63, 3.8) is 0 Å². The normalized spacial score (nSPS) is 12.7. The van der Waals surface area contributed by atoms with Crippen molar-refractivity contribution in [3.05, 3.63) is 110 Å². The number of benzene rings is 2. The van der Waals surface area contributed by atoms with Crippen molar-refractivity contribution < 1.29 is 23.7 Å². The maximum absolute atomic E-state index is 13.1. The first-order chi connectivity index (χ1) is 18.5. The summed E-state index contributed by atoms with van der Waals surface area (Å²) < 4.78 is 10.7. The molecule has 1 amide bonds. The minimum absolute atomic E-state index is 0.0874. The second-order valence-electron chi connectivity index (χ2n) is 8.68. The Labute approximate surface area is 221 Å². The number of aryl methyl sites for hydroxylation is 1. The summed E-state index contributed by atoms with van der Waals surface area (Å²) in [5, 5.41) is 14.5. The van der Waals surface area contributed by atoms with Crippen LogP contribution in [-0.4, -0.2) is 23.0 Å². The number of carbonyl (C=O) groups is 2. The van der Waals surface area contributed by atoms with Gasteiger partial charge in [0.1, 0.15) is 16.5 Å². The SMILES string of the molecule is O=C(Oc1ccc(C=Nc2sc3c(c2C(=O)NCc2ccco2)CCCC3)cc1)c1cccc([N+](=O)[O-])c1. The molecule has 9 nitrogen and oxygen atoms in total. The number of nitro benzene ring substituents is 1. The van der Waals surface area contributed by atoms with Gasteiger partial charge in [-0.15, -0.1) is 11.3 Å². The van der Waals surface area contributed by atoms with E-state index >= 15 is 0 Å². The van der Waals surface area contributed by atoms with E-state index in [4.69, 9.17) is 9.15 Å². The first-order valence-corrected chi connectivity index (χ1v) is 12.9. The molecule has 2 heterocycles. The molecule has 4 aromatic rings. The lowest BCUT2D eigenvalue weighted by Gasteiger charge is -2.12. The predicted octanol–water partition coefficient (Wildman–Crippen LogP) is 6.03. The van der Waals surface area contributed by atoms with E-state index < -0.39 is 10.9 Å². The van der Waals surface area contributed by atoms with Crippen LogP contribution in [0.5, 0.6) is 5.75 Å². The smallest absolute Gasteiger partial charge is 0.343 e. The lowest BCUT2D eigenvalue weighted by molar-refractivity contribution is -0.384. The molecule has 0 fully saturated rings. The van der Waals surface area contributed by atoms with Crippen molar-refractivity contribution in [3.8, 4) is 5.75 Å². The van der Waals surface area contributed by atoms with E-state index in [2.05, 4.69) is 10.3 Å². The number of fused-ring (bicyclic) bond motifs is 1. The number of amides is 1. The van der Waals surface area contributed by atoms with Crippen LogP contribution in [0.1, 0.15) is 55.3 Å². The maximum atomic E-state index is 13.1. The van der Waals surface area contributed by atoms with Gasteiger partial charge >= 0.3 is 5.97 Å². The van der Waals surface area contributed by atoms with Crippen LogP contribution in [0, 0.1) is 10.1 Å². The minimum Gasteiger partial charge on any atom is -0.467 e. The van der Waals surface area contributed by atoms with E-state index in [-0.39, 0.29) is 17.2 Å². The molecule has 1 aliphatic carbocycles. The number of nitrogens with one attached hydrogen (secondary N) is 1. The molecular weight excluding hydrogens is 506 g/mol. The Morgan fingerprint density at radius 2 is 1.92 bits per heavy atom. The van der Waals surface area contributed by atoms with E-state index in [0.717, 1.165) is 36.8 Å². The van der Waals surface area contributed by atoms with Gasteiger partial charge in [0, 0.05) is 23.2 Å². The molecule has 0 unspecified atom stereocenters. The van der Waals surface area contributed by atoms with Gasteiger partial charge in [0.25, 0.3) is 11.6 Å². The van der Waals surface area contributed by atoms with Gasteiger partial charge < -0.3 is 14.5 Å². The zero-order valence-corrected chi connectivity index (χ0v) is 21.0. The Morgan fingerprint density at radius 1 is 1.11 bits per heavy atom. The van der Waals surface area contributed by atoms with Crippen molar-refractivity contribution in [2.24, 2.45) is 4.99 Å². The van der Waals surface area contributed by atoms with Crippen molar-refractivity contribution >= 4 is 40.1 Å². The molecule has 0 saturated heterocycles. The Bertz CT molecular complexity index is 1510. The highest BCUT2D eigenvalue weighted by Crippen LogP contribution is 2.40. The number of aliphatic imine (C=N–C) groups is 1. The van der Waals surface area contributed by atoms with Crippen molar-refractivity contribution in [2.75, 3.05) is 0 Å². The Balaban J connectivity index is 1.30. The number of furan rings is 1. The Kier molecular flexibility index (Phi) is 7.41. The van der Waals surface area contributed by atoms with E-state index in [1.54, 1.807) is 54.1 Å². The Morgan fingerprint density at radius 3 is 2.68 bits per heavy atom. The van der Waals surface area contributed by atoms with Crippen LogP contribution in [0.25, 0.3) is 0 Å². The summed E-state index contributed by atoms with van der Waals surface area (Å²) >= 11 is 1.55. The molecule has 2 aromatic heterocycles. The molecule has 1 N–H and O–H groups in total. The third-order valence-electron chi connectivity index (χ3n) is 6.10. The quantitative estimate of drug-likeness (QED) is 0.0977. The van der Waals surface area contributed by atoms with Crippen molar-refractivity contribution in [2.45, 2.75) is 32.2 Å². The number of carbonyl (C=O) groups excluding carboxylic acids is 2. The number of hydrogen-bond acceptors (Lipinski definition) is 8. The molecule has 192 valence electrons. The second kappa shape index (κ2) is 11.2. The standard InChI is InChI=1S/C28H23N3O6S/c32-26(29-17-22-7-4-14-36-22)25-23-8-1-2-9-24(23)38-27(25)30-16-18-10-12-21(13-11-18)37-28(33)19-5-3-6-20(15-19)31(34)35/h3-7,10-16H,1-2,8-9,17H2,(H,29,32).